The van der Waals surface area contributed by atoms with Crippen LogP contribution in [0.5, 0.6) is 0 Å². The molecule has 0 bridgehead atoms. The molecule has 13 heteroatoms. The molecule has 1 aliphatic heterocycles. The molecule has 0 aliphatic carbocycles. The van der Waals surface area contributed by atoms with Crippen LogP contribution in [-0.4, -0.2) is 42.4 Å². The number of pyridine rings is 1. The Hall–Kier alpha value is -3.89. The lowest BCUT2D eigenvalue weighted by molar-refractivity contribution is -0.137. The van der Waals surface area contributed by atoms with Crippen LogP contribution in [-0.2, 0) is 27.5 Å². The number of carbonyl (C=O) groups is 1. The van der Waals surface area contributed by atoms with Crippen molar-refractivity contribution in [3.05, 3.63) is 83.4 Å². The van der Waals surface area contributed by atoms with Crippen molar-refractivity contribution in [3.8, 4) is 17.2 Å². The second-order valence-electron chi connectivity index (χ2n) is 8.50. The molecule has 0 spiro atoms. The van der Waals surface area contributed by atoms with E-state index in [0.29, 0.717) is 5.56 Å². The molecule has 1 aromatic heterocycles. The van der Waals surface area contributed by atoms with E-state index in [1.807, 2.05) is 6.07 Å². The minimum Gasteiger partial charge on any atom is -0.349 e. The molecule has 1 fully saturated rings. The number of nitrogens with zero attached hydrogens (tertiary/aromatic N) is 3. The Kier molecular flexibility index (Phi) is 7.48. The van der Waals surface area contributed by atoms with E-state index in [4.69, 9.17) is 0 Å². The summed E-state index contributed by atoms with van der Waals surface area (Å²) in [7, 11) is -4.30. The van der Waals surface area contributed by atoms with Crippen LogP contribution in [0.3, 0.4) is 0 Å². The Morgan fingerprint density at radius 2 is 1.79 bits per heavy atom. The maximum absolute atomic E-state index is 14.2. The first-order chi connectivity index (χ1) is 17.9. The second kappa shape index (κ2) is 10.5. The number of rotatable bonds is 6. The number of hydrogen-bond donors (Lipinski definition) is 1. The third-order valence-electron chi connectivity index (χ3n) is 5.98. The summed E-state index contributed by atoms with van der Waals surface area (Å²) in [5.74, 6) is -1.45. The zero-order valence-corrected chi connectivity index (χ0v) is 20.2. The number of hydrogen-bond acceptors (Lipinski definition) is 5. The molecule has 2 aromatic carbocycles. The fourth-order valence-corrected chi connectivity index (χ4v) is 5.69. The lowest BCUT2D eigenvalue weighted by Crippen LogP contribution is -2.45. The van der Waals surface area contributed by atoms with Gasteiger partial charge in [-0.2, -0.15) is 22.7 Å². The number of sulfonamides is 1. The Bertz CT molecular complexity index is 1490. The highest BCUT2D eigenvalue weighted by molar-refractivity contribution is 7.89. The molecular formula is C25H19F5N4O3S. The maximum atomic E-state index is 14.2. The predicted molar refractivity (Wildman–Crippen MR) is 125 cm³/mol. The van der Waals surface area contributed by atoms with Crippen molar-refractivity contribution < 1.29 is 35.2 Å². The van der Waals surface area contributed by atoms with E-state index in [2.05, 4.69) is 10.3 Å². The van der Waals surface area contributed by atoms with Gasteiger partial charge in [-0.15, -0.1) is 0 Å². The molecule has 2 heterocycles. The SMILES string of the molecule is N#Cc1cnc(CNC(=O)C2CC(F)CN2S(=O)(=O)c2ccc(F)cc2)cc1-c1ccc(C(F)(F)F)cc1. The number of nitriles is 1. The Morgan fingerprint density at radius 3 is 2.39 bits per heavy atom. The molecule has 0 saturated carbocycles. The van der Waals surface area contributed by atoms with Crippen LogP contribution in [0.15, 0.2) is 65.7 Å². The van der Waals surface area contributed by atoms with Gasteiger partial charge in [-0.05, 0) is 48.0 Å². The molecule has 3 aromatic rings. The van der Waals surface area contributed by atoms with E-state index in [-0.39, 0.29) is 34.7 Å². The van der Waals surface area contributed by atoms with Crippen molar-refractivity contribution in [2.24, 2.45) is 0 Å². The van der Waals surface area contributed by atoms with Crippen molar-refractivity contribution in [1.29, 1.82) is 5.26 Å². The molecule has 2 atom stereocenters. The van der Waals surface area contributed by atoms with E-state index >= 15 is 0 Å². The maximum Gasteiger partial charge on any atom is 0.416 e. The summed E-state index contributed by atoms with van der Waals surface area (Å²) in [6, 6.07) is 10.1. The first-order valence-corrected chi connectivity index (χ1v) is 12.6. The van der Waals surface area contributed by atoms with E-state index in [1.54, 1.807) is 0 Å². The number of carbonyl (C=O) groups excluding carboxylic acids is 1. The third-order valence-corrected chi connectivity index (χ3v) is 7.86. The van der Waals surface area contributed by atoms with E-state index in [9.17, 15) is 40.4 Å². The molecule has 4 rings (SSSR count). The van der Waals surface area contributed by atoms with Crippen LogP contribution in [0.4, 0.5) is 22.0 Å². The van der Waals surface area contributed by atoms with Gasteiger partial charge in [-0.25, -0.2) is 17.2 Å². The Balaban J connectivity index is 1.52. The lowest BCUT2D eigenvalue weighted by atomic mass is 10.00. The van der Waals surface area contributed by atoms with Gasteiger partial charge in [0.2, 0.25) is 15.9 Å². The Labute approximate surface area is 214 Å². The van der Waals surface area contributed by atoms with Crippen LogP contribution in [0.1, 0.15) is 23.2 Å². The first kappa shape index (κ1) is 27.2. The highest BCUT2D eigenvalue weighted by atomic mass is 32.2. The summed E-state index contributed by atoms with van der Waals surface area (Å²) in [5.41, 5.74) is 0.0643. The molecule has 1 N–H and O–H groups in total. The van der Waals surface area contributed by atoms with Gasteiger partial charge in [-0.1, -0.05) is 12.1 Å². The number of benzene rings is 2. The molecule has 198 valence electrons. The summed E-state index contributed by atoms with van der Waals surface area (Å²) >= 11 is 0. The lowest BCUT2D eigenvalue weighted by Gasteiger charge is -2.23. The molecule has 1 saturated heterocycles. The summed E-state index contributed by atoms with van der Waals surface area (Å²) in [5, 5.41) is 11.9. The van der Waals surface area contributed by atoms with E-state index in [0.717, 1.165) is 40.7 Å². The number of halogens is 5. The monoisotopic (exact) mass is 550 g/mol. The number of amides is 1. The average molecular weight is 551 g/mol. The van der Waals surface area contributed by atoms with E-state index in [1.165, 1.54) is 24.4 Å². The number of aromatic nitrogens is 1. The average Bonchev–Trinajstić information content (AvgIpc) is 3.29. The van der Waals surface area contributed by atoms with E-state index < -0.39 is 52.2 Å². The van der Waals surface area contributed by atoms with Crippen molar-refractivity contribution in [3.63, 3.8) is 0 Å². The molecule has 38 heavy (non-hydrogen) atoms. The van der Waals surface area contributed by atoms with Gasteiger partial charge in [0.1, 0.15) is 24.1 Å². The van der Waals surface area contributed by atoms with Crippen LogP contribution in [0, 0.1) is 17.1 Å². The van der Waals surface area contributed by atoms with Crippen LogP contribution in [0.25, 0.3) is 11.1 Å². The zero-order chi connectivity index (χ0) is 27.7. The summed E-state index contributed by atoms with van der Waals surface area (Å²) in [6.07, 6.45) is -5.31. The minimum atomic E-state index is -4.53. The minimum absolute atomic E-state index is 0.0902. The van der Waals surface area contributed by atoms with Gasteiger partial charge in [-0.3, -0.25) is 9.78 Å². The van der Waals surface area contributed by atoms with Crippen molar-refractivity contribution >= 4 is 15.9 Å². The molecular weight excluding hydrogens is 531 g/mol. The quantitative estimate of drug-likeness (QED) is 0.464. The normalized spacial score (nSPS) is 18.2. The number of alkyl halides is 4. The molecule has 1 amide bonds. The highest BCUT2D eigenvalue weighted by Crippen LogP contribution is 2.32. The van der Waals surface area contributed by atoms with Gasteiger partial charge < -0.3 is 5.32 Å². The standard InChI is InChI=1S/C25H19F5N4O3S/c26-18-5-7-21(8-6-18)38(36,37)34-14-19(27)9-23(34)24(35)33-13-20-10-22(16(11-31)12-32-20)15-1-3-17(4-2-15)25(28,29)30/h1-8,10,12,19,23H,9,13-14H2,(H,33,35). The fourth-order valence-electron chi connectivity index (χ4n) is 4.06. The van der Waals surface area contributed by atoms with Crippen LogP contribution in [0.2, 0.25) is 0 Å². The van der Waals surface area contributed by atoms with Crippen LogP contribution >= 0.6 is 0 Å². The Morgan fingerprint density at radius 1 is 1.13 bits per heavy atom. The summed E-state index contributed by atoms with van der Waals surface area (Å²) < 4.78 is 92.8. The first-order valence-electron chi connectivity index (χ1n) is 11.2. The summed E-state index contributed by atoms with van der Waals surface area (Å²) in [4.78, 5) is 16.7. The highest BCUT2D eigenvalue weighted by Gasteiger charge is 2.44. The van der Waals surface area contributed by atoms with Gasteiger partial charge in [0.05, 0.1) is 28.3 Å². The topological polar surface area (TPSA) is 103 Å². The predicted octanol–water partition coefficient (Wildman–Crippen LogP) is 4.20. The molecule has 2 unspecified atom stereocenters. The molecule has 1 aliphatic rings. The molecule has 0 radical (unpaired) electrons. The zero-order valence-electron chi connectivity index (χ0n) is 19.4. The van der Waals surface area contributed by atoms with Gasteiger partial charge in [0, 0.05) is 24.7 Å². The number of nitrogens with one attached hydrogen (secondary N) is 1. The van der Waals surface area contributed by atoms with Crippen molar-refractivity contribution in [2.75, 3.05) is 6.54 Å². The van der Waals surface area contributed by atoms with Crippen LogP contribution < -0.4 is 5.32 Å². The van der Waals surface area contributed by atoms with Gasteiger partial charge in [0.15, 0.2) is 0 Å². The van der Waals surface area contributed by atoms with Crippen molar-refractivity contribution in [2.45, 2.75) is 36.3 Å². The second-order valence-corrected chi connectivity index (χ2v) is 10.4. The van der Waals surface area contributed by atoms with Crippen molar-refractivity contribution in [1.82, 2.24) is 14.6 Å². The third kappa shape index (κ3) is 5.66. The fraction of sp³-hybridized carbons (Fsp3) is 0.240. The summed E-state index contributed by atoms with van der Waals surface area (Å²) in [6.45, 7) is -0.777. The van der Waals surface area contributed by atoms with Gasteiger partial charge >= 0.3 is 6.18 Å². The smallest absolute Gasteiger partial charge is 0.349 e. The van der Waals surface area contributed by atoms with Gasteiger partial charge in [0.25, 0.3) is 0 Å². The molecule has 7 nitrogen and oxygen atoms in total. The largest absolute Gasteiger partial charge is 0.416 e.